The Balaban J connectivity index is 1.39. The fraction of sp³-hybridized carbons (Fsp3) is 0.462. The quantitative estimate of drug-likeness (QED) is 0.686. The number of amides is 4. The van der Waals surface area contributed by atoms with Crippen LogP contribution in [-0.4, -0.2) is 45.7 Å². The van der Waals surface area contributed by atoms with E-state index < -0.39 is 11.6 Å². The summed E-state index contributed by atoms with van der Waals surface area (Å²) in [5, 5.41) is 3.00. The standard InChI is InChI=1S/C26H29FN4O3/c27-22-9-7-18(8-10-22)17-31-24(33)26(29-25(31)34,21-6-3-13-28-16-21)20-11-14-30(15-12-20)23(32)19-4-1-2-5-19/h3,6-10,13,16,19-20H,1-2,4-5,11-12,14-15,17H2,(H,29,34)/t26-/m1/s1. The van der Waals surface area contributed by atoms with Crippen molar-refractivity contribution in [3.63, 3.8) is 0 Å². The summed E-state index contributed by atoms with van der Waals surface area (Å²) in [6.45, 7) is 1.21. The molecule has 0 bridgehead atoms. The van der Waals surface area contributed by atoms with Crippen LogP contribution in [0.2, 0.25) is 0 Å². The number of piperidine rings is 1. The van der Waals surface area contributed by atoms with Gasteiger partial charge in [-0.2, -0.15) is 0 Å². The molecule has 3 fully saturated rings. The van der Waals surface area contributed by atoms with E-state index in [2.05, 4.69) is 10.3 Å². The van der Waals surface area contributed by atoms with E-state index in [1.54, 1.807) is 30.6 Å². The highest BCUT2D eigenvalue weighted by Crippen LogP contribution is 2.42. The molecule has 3 heterocycles. The van der Waals surface area contributed by atoms with Gasteiger partial charge in [0.05, 0.1) is 6.54 Å². The van der Waals surface area contributed by atoms with Gasteiger partial charge in [-0.1, -0.05) is 31.0 Å². The number of carbonyl (C=O) groups excluding carboxylic acids is 3. The summed E-state index contributed by atoms with van der Waals surface area (Å²) in [6, 6.07) is 8.90. The second-order valence-corrected chi connectivity index (χ2v) is 9.58. The van der Waals surface area contributed by atoms with Crippen LogP contribution in [0.1, 0.15) is 49.7 Å². The number of pyridine rings is 1. The van der Waals surface area contributed by atoms with Crippen LogP contribution in [0.15, 0.2) is 48.8 Å². The Hall–Kier alpha value is -3.29. The molecule has 7 nitrogen and oxygen atoms in total. The van der Waals surface area contributed by atoms with Gasteiger partial charge in [-0.15, -0.1) is 0 Å². The molecular weight excluding hydrogens is 435 g/mol. The second kappa shape index (κ2) is 9.16. The minimum atomic E-state index is -1.23. The highest BCUT2D eigenvalue weighted by Gasteiger charge is 2.57. The highest BCUT2D eigenvalue weighted by molar-refractivity contribution is 6.07. The van der Waals surface area contributed by atoms with Gasteiger partial charge in [0.2, 0.25) is 5.91 Å². The van der Waals surface area contributed by atoms with Crippen molar-refractivity contribution < 1.29 is 18.8 Å². The van der Waals surface area contributed by atoms with Crippen LogP contribution in [-0.2, 0) is 21.7 Å². The Kier molecular flexibility index (Phi) is 6.06. The number of nitrogens with zero attached hydrogens (tertiary/aromatic N) is 3. The fourth-order valence-electron chi connectivity index (χ4n) is 5.78. The second-order valence-electron chi connectivity index (χ2n) is 9.58. The third-order valence-corrected chi connectivity index (χ3v) is 7.63. The molecule has 34 heavy (non-hydrogen) atoms. The smallest absolute Gasteiger partial charge is 0.325 e. The first-order chi connectivity index (χ1) is 16.5. The van der Waals surface area contributed by atoms with Crippen LogP contribution < -0.4 is 5.32 Å². The first-order valence-corrected chi connectivity index (χ1v) is 12.1. The third-order valence-electron chi connectivity index (χ3n) is 7.63. The molecule has 3 aliphatic rings. The molecule has 5 rings (SSSR count). The molecule has 4 amide bonds. The number of aromatic nitrogens is 1. The molecule has 2 aliphatic heterocycles. The summed E-state index contributed by atoms with van der Waals surface area (Å²) in [6.07, 6.45) is 8.65. The number of carbonyl (C=O) groups is 3. The van der Waals surface area contributed by atoms with Gasteiger partial charge in [-0.3, -0.25) is 19.5 Å². The van der Waals surface area contributed by atoms with Crippen molar-refractivity contribution in [2.45, 2.75) is 50.6 Å². The van der Waals surface area contributed by atoms with Crippen LogP contribution in [0.25, 0.3) is 0 Å². The molecule has 8 heteroatoms. The zero-order valence-corrected chi connectivity index (χ0v) is 19.1. The van der Waals surface area contributed by atoms with Crippen molar-refractivity contribution >= 4 is 17.8 Å². The van der Waals surface area contributed by atoms with Gasteiger partial charge in [0.25, 0.3) is 5.91 Å². The fourth-order valence-corrected chi connectivity index (χ4v) is 5.78. The minimum absolute atomic E-state index is 0.0615. The summed E-state index contributed by atoms with van der Waals surface area (Å²) < 4.78 is 13.3. The number of rotatable bonds is 5. The predicted molar refractivity (Wildman–Crippen MR) is 123 cm³/mol. The van der Waals surface area contributed by atoms with Crippen LogP contribution in [0.4, 0.5) is 9.18 Å². The van der Waals surface area contributed by atoms with E-state index in [1.165, 1.54) is 17.0 Å². The molecule has 1 atom stereocenters. The molecule has 2 saturated heterocycles. The molecule has 2 aromatic rings. The maximum atomic E-state index is 13.9. The largest absolute Gasteiger partial charge is 0.342 e. The number of urea groups is 1. The first kappa shape index (κ1) is 22.5. The van der Waals surface area contributed by atoms with Crippen LogP contribution in [0.3, 0.4) is 0 Å². The molecule has 1 aliphatic carbocycles. The number of hydrogen-bond donors (Lipinski definition) is 1. The Labute approximate surface area is 198 Å². The van der Waals surface area contributed by atoms with E-state index in [0.717, 1.165) is 25.7 Å². The van der Waals surface area contributed by atoms with E-state index in [-0.39, 0.29) is 36.0 Å². The van der Waals surface area contributed by atoms with Crippen molar-refractivity contribution in [2.24, 2.45) is 11.8 Å². The first-order valence-electron chi connectivity index (χ1n) is 12.1. The molecule has 0 unspecified atom stereocenters. The van der Waals surface area contributed by atoms with Crippen LogP contribution in [0, 0.1) is 17.7 Å². The molecule has 178 valence electrons. The molecule has 0 spiro atoms. The predicted octanol–water partition coefficient (Wildman–Crippen LogP) is 3.60. The summed E-state index contributed by atoms with van der Waals surface area (Å²) in [4.78, 5) is 47.2. The van der Waals surface area contributed by atoms with E-state index in [4.69, 9.17) is 0 Å². The van der Waals surface area contributed by atoms with Gasteiger partial charge >= 0.3 is 6.03 Å². The van der Waals surface area contributed by atoms with Crippen molar-refractivity contribution in [1.29, 1.82) is 0 Å². The number of nitrogens with one attached hydrogen (secondary N) is 1. The molecule has 1 aromatic carbocycles. The molecule has 1 aromatic heterocycles. The van der Waals surface area contributed by atoms with E-state index in [9.17, 15) is 18.8 Å². The van der Waals surface area contributed by atoms with Gasteiger partial charge in [0.15, 0.2) is 5.54 Å². The minimum Gasteiger partial charge on any atom is -0.342 e. The van der Waals surface area contributed by atoms with Gasteiger partial charge in [-0.05, 0) is 55.4 Å². The molecule has 0 radical (unpaired) electrons. The van der Waals surface area contributed by atoms with E-state index in [1.807, 2.05) is 11.0 Å². The van der Waals surface area contributed by atoms with Gasteiger partial charge < -0.3 is 10.2 Å². The summed E-state index contributed by atoms with van der Waals surface area (Å²) in [5.41, 5.74) is 0.0906. The summed E-state index contributed by atoms with van der Waals surface area (Å²) in [5.74, 6) is -0.507. The number of imide groups is 1. The Morgan fingerprint density at radius 3 is 2.41 bits per heavy atom. The summed E-state index contributed by atoms with van der Waals surface area (Å²) >= 11 is 0. The van der Waals surface area contributed by atoms with Gasteiger partial charge in [-0.25, -0.2) is 9.18 Å². The zero-order valence-electron chi connectivity index (χ0n) is 19.1. The van der Waals surface area contributed by atoms with Gasteiger partial charge in [0.1, 0.15) is 5.82 Å². The Bertz CT molecular complexity index is 1060. The van der Waals surface area contributed by atoms with E-state index in [0.29, 0.717) is 37.1 Å². The van der Waals surface area contributed by atoms with Crippen LogP contribution >= 0.6 is 0 Å². The maximum absolute atomic E-state index is 13.9. The zero-order chi connectivity index (χ0) is 23.7. The van der Waals surface area contributed by atoms with Crippen molar-refractivity contribution in [3.8, 4) is 0 Å². The number of benzene rings is 1. The highest BCUT2D eigenvalue weighted by atomic mass is 19.1. The average Bonchev–Trinajstić information content (AvgIpc) is 3.49. The Morgan fingerprint density at radius 2 is 1.76 bits per heavy atom. The van der Waals surface area contributed by atoms with Gasteiger partial charge in [0, 0.05) is 37.0 Å². The lowest BCUT2D eigenvalue weighted by molar-refractivity contribution is -0.139. The SMILES string of the molecule is O=C(C1CCCC1)N1CCC([C@]2(c3cccnc3)NC(=O)N(Cc3ccc(F)cc3)C2=O)CC1. The Morgan fingerprint density at radius 1 is 1.06 bits per heavy atom. The lowest BCUT2D eigenvalue weighted by Gasteiger charge is -2.41. The number of halogens is 1. The van der Waals surface area contributed by atoms with Crippen molar-refractivity contribution in [1.82, 2.24) is 20.1 Å². The lowest BCUT2D eigenvalue weighted by atomic mass is 9.73. The van der Waals surface area contributed by atoms with Crippen molar-refractivity contribution in [3.05, 3.63) is 65.7 Å². The maximum Gasteiger partial charge on any atom is 0.325 e. The number of hydrogen-bond acceptors (Lipinski definition) is 4. The molecule has 1 saturated carbocycles. The lowest BCUT2D eigenvalue weighted by Crippen LogP contribution is -2.54. The number of likely N-dealkylation sites (tertiary alicyclic amines) is 1. The monoisotopic (exact) mass is 464 g/mol. The van der Waals surface area contributed by atoms with Crippen molar-refractivity contribution in [2.75, 3.05) is 13.1 Å². The normalized spacial score (nSPS) is 24.0. The molecule has 1 N–H and O–H groups in total. The topological polar surface area (TPSA) is 82.6 Å². The van der Waals surface area contributed by atoms with E-state index >= 15 is 0 Å². The molecular formula is C26H29FN4O3. The average molecular weight is 465 g/mol. The third kappa shape index (κ3) is 3.95. The van der Waals surface area contributed by atoms with Crippen LogP contribution in [0.5, 0.6) is 0 Å². The summed E-state index contributed by atoms with van der Waals surface area (Å²) in [7, 11) is 0.